The number of hydrogen-bond acceptors (Lipinski definition) is 1. The maximum atomic E-state index is 12.8. The Morgan fingerprint density at radius 2 is 2.15 bits per heavy atom. The van der Waals surface area contributed by atoms with E-state index in [2.05, 4.69) is 0 Å². The first-order valence-corrected chi connectivity index (χ1v) is 4.48. The van der Waals surface area contributed by atoms with Crippen molar-refractivity contribution in [1.82, 2.24) is 0 Å². The summed E-state index contributed by atoms with van der Waals surface area (Å²) in [6.45, 7) is 2.05. The van der Waals surface area contributed by atoms with Gasteiger partial charge < -0.3 is 0 Å². The second-order valence-electron chi connectivity index (χ2n) is 3.74. The van der Waals surface area contributed by atoms with Gasteiger partial charge in [-0.05, 0) is 30.0 Å². The quantitative estimate of drug-likeness (QED) is 0.596. The van der Waals surface area contributed by atoms with Crippen LogP contribution in [0.3, 0.4) is 0 Å². The summed E-state index contributed by atoms with van der Waals surface area (Å²) in [4.78, 5) is 11.5. The molecular weight excluding hydrogens is 167 g/mol. The zero-order valence-corrected chi connectivity index (χ0v) is 7.51. The Bertz CT molecular complexity index is 357. The predicted octanol–water partition coefficient (Wildman–Crippen LogP) is 2.59. The van der Waals surface area contributed by atoms with Gasteiger partial charge in [0.25, 0.3) is 0 Å². The fraction of sp³-hybridized carbons (Fsp3) is 0.364. The highest BCUT2D eigenvalue weighted by molar-refractivity contribution is 5.98. The maximum absolute atomic E-state index is 12.8. The molecule has 0 unspecified atom stereocenters. The van der Waals surface area contributed by atoms with E-state index in [0.29, 0.717) is 17.9 Å². The summed E-state index contributed by atoms with van der Waals surface area (Å²) in [5.41, 5.74) is 1.57. The van der Waals surface area contributed by atoms with E-state index in [4.69, 9.17) is 0 Å². The smallest absolute Gasteiger partial charge is 0.163 e. The average Bonchev–Trinajstić information content (AvgIpc) is 2.06. The Balaban J connectivity index is 2.49. The van der Waals surface area contributed by atoms with Crippen LogP contribution in [0, 0.1) is 11.7 Å². The van der Waals surface area contributed by atoms with E-state index in [9.17, 15) is 9.18 Å². The molecule has 0 heterocycles. The minimum Gasteiger partial charge on any atom is -0.294 e. The molecule has 2 heteroatoms. The molecule has 0 amide bonds. The molecule has 1 aliphatic rings. The first kappa shape index (κ1) is 8.42. The van der Waals surface area contributed by atoms with Gasteiger partial charge in [0.05, 0.1) is 0 Å². The molecule has 68 valence electrons. The maximum Gasteiger partial charge on any atom is 0.163 e. The van der Waals surface area contributed by atoms with Gasteiger partial charge in [0.15, 0.2) is 5.78 Å². The third kappa shape index (κ3) is 1.48. The Morgan fingerprint density at radius 3 is 2.92 bits per heavy atom. The Kier molecular flexibility index (Phi) is 1.91. The Morgan fingerprint density at radius 1 is 1.38 bits per heavy atom. The van der Waals surface area contributed by atoms with Crippen LogP contribution in [-0.2, 0) is 6.42 Å². The molecule has 0 N–H and O–H groups in total. The largest absolute Gasteiger partial charge is 0.294 e. The van der Waals surface area contributed by atoms with Crippen molar-refractivity contribution < 1.29 is 9.18 Å². The van der Waals surface area contributed by atoms with E-state index in [1.54, 1.807) is 6.07 Å². The molecule has 0 saturated heterocycles. The number of ketones is 1. The summed E-state index contributed by atoms with van der Waals surface area (Å²) in [6.07, 6.45) is 1.44. The van der Waals surface area contributed by atoms with E-state index in [1.807, 2.05) is 6.92 Å². The van der Waals surface area contributed by atoms with Crippen molar-refractivity contribution in [2.45, 2.75) is 19.8 Å². The highest BCUT2D eigenvalue weighted by Crippen LogP contribution is 2.25. The van der Waals surface area contributed by atoms with E-state index in [1.165, 1.54) is 12.1 Å². The number of halogens is 1. The van der Waals surface area contributed by atoms with E-state index in [0.717, 1.165) is 12.0 Å². The third-order valence-electron chi connectivity index (χ3n) is 2.47. The molecule has 0 radical (unpaired) electrons. The van der Waals surface area contributed by atoms with Crippen molar-refractivity contribution in [3.8, 4) is 0 Å². The second-order valence-corrected chi connectivity index (χ2v) is 3.74. The van der Waals surface area contributed by atoms with Crippen LogP contribution in [-0.4, -0.2) is 5.78 Å². The van der Waals surface area contributed by atoms with Gasteiger partial charge in [0.1, 0.15) is 5.82 Å². The van der Waals surface area contributed by atoms with E-state index >= 15 is 0 Å². The zero-order valence-electron chi connectivity index (χ0n) is 7.51. The molecule has 0 fully saturated rings. The van der Waals surface area contributed by atoms with Gasteiger partial charge in [-0.3, -0.25) is 4.79 Å². The molecule has 0 saturated carbocycles. The van der Waals surface area contributed by atoms with Crippen molar-refractivity contribution in [3.05, 3.63) is 35.1 Å². The summed E-state index contributed by atoms with van der Waals surface area (Å²) in [7, 11) is 0. The van der Waals surface area contributed by atoms with E-state index < -0.39 is 0 Å². The van der Waals surface area contributed by atoms with Gasteiger partial charge in [-0.15, -0.1) is 0 Å². The second kappa shape index (κ2) is 2.95. The molecule has 2 rings (SSSR count). The van der Waals surface area contributed by atoms with Gasteiger partial charge in [-0.25, -0.2) is 4.39 Å². The number of rotatable bonds is 0. The average molecular weight is 178 g/mol. The molecule has 0 bridgehead atoms. The van der Waals surface area contributed by atoms with Crippen LogP contribution < -0.4 is 0 Å². The van der Waals surface area contributed by atoms with Gasteiger partial charge in [-0.1, -0.05) is 13.0 Å². The van der Waals surface area contributed by atoms with Crippen molar-refractivity contribution in [2.24, 2.45) is 5.92 Å². The summed E-state index contributed by atoms with van der Waals surface area (Å²) < 4.78 is 12.8. The van der Waals surface area contributed by atoms with Crippen molar-refractivity contribution in [2.75, 3.05) is 0 Å². The van der Waals surface area contributed by atoms with Crippen LogP contribution in [0.15, 0.2) is 18.2 Å². The molecule has 1 atom stereocenters. The van der Waals surface area contributed by atoms with Gasteiger partial charge >= 0.3 is 0 Å². The summed E-state index contributed by atoms with van der Waals surface area (Å²) in [5, 5.41) is 0. The summed E-state index contributed by atoms with van der Waals surface area (Å²) >= 11 is 0. The molecular formula is C11H11FO. The highest BCUT2D eigenvalue weighted by Gasteiger charge is 2.22. The summed E-state index contributed by atoms with van der Waals surface area (Å²) in [5.74, 6) is 0.153. The molecule has 0 aromatic heterocycles. The van der Waals surface area contributed by atoms with Crippen molar-refractivity contribution in [3.63, 3.8) is 0 Å². The fourth-order valence-electron chi connectivity index (χ4n) is 1.86. The van der Waals surface area contributed by atoms with Gasteiger partial charge in [0.2, 0.25) is 0 Å². The number of carbonyl (C=O) groups is 1. The van der Waals surface area contributed by atoms with Crippen molar-refractivity contribution in [1.29, 1.82) is 0 Å². The topological polar surface area (TPSA) is 17.1 Å². The lowest BCUT2D eigenvalue weighted by Gasteiger charge is -2.19. The number of fused-ring (bicyclic) bond motifs is 1. The molecule has 1 aromatic carbocycles. The van der Waals surface area contributed by atoms with Crippen LogP contribution in [0.25, 0.3) is 0 Å². The number of Topliss-reactive ketones (excluding diaryl/α,β-unsaturated/α-hetero) is 1. The SMILES string of the molecule is C[C@H]1CC(=O)c2cc(F)ccc2C1. The first-order valence-electron chi connectivity index (χ1n) is 4.48. The van der Waals surface area contributed by atoms with Crippen molar-refractivity contribution >= 4 is 5.78 Å². The lowest BCUT2D eigenvalue weighted by atomic mass is 9.84. The van der Waals surface area contributed by atoms with Crippen LogP contribution in [0.2, 0.25) is 0 Å². The summed E-state index contributed by atoms with van der Waals surface area (Å²) in [6, 6.07) is 4.49. The Labute approximate surface area is 76.6 Å². The standard InChI is InChI=1S/C11H11FO/c1-7-4-8-2-3-9(12)6-10(8)11(13)5-7/h2-3,6-7H,4-5H2,1H3/t7-/m1/s1. The first-order chi connectivity index (χ1) is 6.16. The van der Waals surface area contributed by atoms with E-state index in [-0.39, 0.29) is 11.6 Å². The normalized spacial score (nSPS) is 21.4. The molecule has 0 aliphatic heterocycles. The predicted molar refractivity (Wildman–Crippen MR) is 48.2 cm³/mol. The highest BCUT2D eigenvalue weighted by atomic mass is 19.1. The lowest BCUT2D eigenvalue weighted by molar-refractivity contribution is 0.0953. The minimum absolute atomic E-state index is 0.0771. The minimum atomic E-state index is -0.318. The van der Waals surface area contributed by atoms with Crippen LogP contribution >= 0.6 is 0 Å². The third-order valence-corrected chi connectivity index (χ3v) is 2.47. The fourth-order valence-corrected chi connectivity index (χ4v) is 1.86. The number of hydrogen-bond donors (Lipinski definition) is 0. The molecule has 13 heavy (non-hydrogen) atoms. The monoisotopic (exact) mass is 178 g/mol. The van der Waals surface area contributed by atoms with Crippen LogP contribution in [0.5, 0.6) is 0 Å². The molecule has 1 nitrogen and oxygen atoms in total. The van der Waals surface area contributed by atoms with Crippen LogP contribution in [0.1, 0.15) is 29.3 Å². The van der Waals surface area contributed by atoms with Crippen LogP contribution in [0.4, 0.5) is 4.39 Å². The molecule has 0 spiro atoms. The number of benzene rings is 1. The zero-order chi connectivity index (χ0) is 9.42. The van der Waals surface area contributed by atoms with Gasteiger partial charge in [0, 0.05) is 12.0 Å². The Hall–Kier alpha value is -1.18. The number of carbonyl (C=O) groups excluding carboxylic acids is 1. The molecule has 1 aromatic rings. The van der Waals surface area contributed by atoms with Gasteiger partial charge in [-0.2, -0.15) is 0 Å². The molecule has 1 aliphatic carbocycles. The lowest BCUT2D eigenvalue weighted by Crippen LogP contribution is -2.17.